The van der Waals surface area contributed by atoms with Crippen molar-refractivity contribution in [2.75, 3.05) is 19.6 Å². The highest BCUT2D eigenvalue weighted by Gasteiger charge is 2.14. The topological polar surface area (TPSA) is 60.9 Å². The molecule has 2 aromatic carbocycles. The molecule has 3 aromatic heterocycles. The highest BCUT2D eigenvalue weighted by atomic mass is 19.1. The summed E-state index contributed by atoms with van der Waals surface area (Å²) in [5, 5.41) is 10.6. The molecule has 0 N–H and O–H groups in total. The Hall–Kier alpha value is -3.78. The summed E-state index contributed by atoms with van der Waals surface area (Å²) < 4.78 is 20.0. The molecule has 34 heavy (non-hydrogen) atoms. The van der Waals surface area contributed by atoms with E-state index in [-0.39, 0.29) is 11.4 Å². The smallest absolute Gasteiger partial charge is 0.255 e. The maximum Gasteiger partial charge on any atom is 0.255 e. The quantitative estimate of drug-likeness (QED) is 0.402. The standard InChI is InChI=1S/C26H25FN6O/c1-30-25-15-23(27)22(13-20(25)16-28-30)18-6-9-32(26(34)14-18)21-4-5-24-19(12-21)17-29-33(24)11-10-31-7-2-3-8-31/h4-6,9,12-17H,2-3,7-8,10-11H2,1H3. The minimum absolute atomic E-state index is 0.219. The van der Waals surface area contributed by atoms with Crippen molar-refractivity contribution in [1.29, 1.82) is 0 Å². The molecule has 0 spiro atoms. The summed E-state index contributed by atoms with van der Waals surface area (Å²) in [6.07, 6.45) is 7.80. The zero-order valence-electron chi connectivity index (χ0n) is 19.0. The monoisotopic (exact) mass is 456 g/mol. The van der Waals surface area contributed by atoms with Gasteiger partial charge >= 0.3 is 0 Å². The molecular formula is C26H25FN6O. The third-order valence-corrected chi connectivity index (χ3v) is 6.80. The molecular weight excluding hydrogens is 431 g/mol. The number of hydrogen-bond donors (Lipinski definition) is 0. The number of benzene rings is 2. The third kappa shape index (κ3) is 3.60. The van der Waals surface area contributed by atoms with Crippen LogP contribution in [0.2, 0.25) is 0 Å². The van der Waals surface area contributed by atoms with E-state index in [0.29, 0.717) is 16.6 Å². The second kappa shape index (κ2) is 8.22. The van der Waals surface area contributed by atoms with Crippen molar-refractivity contribution in [3.8, 4) is 16.8 Å². The Morgan fingerprint density at radius 3 is 2.53 bits per heavy atom. The minimum atomic E-state index is -0.379. The Labute approximate surface area is 195 Å². The molecule has 172 valence electrons. The van der Waals surface area contributed by atoms with Gasteiger partial charge in [0.2, 0.25) is 0 Å². The highest BCUT2D eigenvalue weighted by molar-refractivity contribution is 5.85. The van der Waals surface area contributed by atoms with Gasteiger partial charge in [0.05, 0.1) is 30.0 Å². The summed E-state index contributed by atoms with van der Waals surface area (Å²) in [5.74, 6) is -0.379. The summed E-state index contributed by atoms with van der Waals surface area (Å²) in [5.41, 5.74) is 3.23. The van der Waals surface area contributed by atoms with Gasteiger partial charge in [-0.15, -0.1) is 0 Å². The third-order valence-electron chi connectivity index (χ3n) is 6.80. The largest absolute Gasteiger partial charge is 0.301 e. The second-order valence-corrected chi connectivity index (χ2v) is 8.94. The van der Waals surface area contributed by atoms with E-state index in [1.165, 1.54) is 38.1 Å². The SMILES string of the molecule is Cn1ncc2cc(-c3ccn(-c4ccc5c(cnn5CCN5CCCC5)c4)c(=O)c3)c(F)cc21. The van der Waals surface area contributed by atoms with E-state index in [0.717, 1.165) is 35.1 Å². The zero-order valence-corrected chi connectivity index (χ0v) is 19.0. The van der Waals surface area contributed by atoms with Crippen LogP contribution >= 0.6 is 0 Å². The molecule has 1 fully saturated rings. The molecule has 0 saturated carbocycles. The fourth-order valence-corrected chi connectivity index (χ4v) is 4.90. The molecule has 6 rings (SSSR count). The van der Waals surface area contributed by atoms with Crippen molar-refractivity contribution in [2.45, 2.75) is 19.4 Å². The van der Waals surface area contributed by atoms with Crippen molar-refractivity contribution in [1.82, 2.24) is 29.0 Å². The lowest BCUT2D eigenvalue weighted by Crippen LogP contribution is -2.24. The molecule has 5 aromatic rings. The van der Waals surface area contributed by atoms with Gasteiger partial charge in [0.15, 0.2) is 0 Å². The number of nitrogens with zero attached hydrogens (tertiary/aromatic N) is 6. The lowest BCUT2D eigenvalue weighted by atomic mass is 10.0. The van der Waals surface area contributed by atoms with Gasteiger partial charge in [-0.2, -0.15) is 10.2 Å². The average molecular weight is 457 g/mol. The van der Waals surface area contributed by atoms with Crippen molar-refractivity contribution in [3.63, 3.8) is 0 Å². The molecule has 0 atom stereocenters. The summed E-state index contributed by atoms with van der Waals surface area (Å²) in [6.45, 7) is 4.19. The molecule has 1 aliphatic heterocycles. The van der Waals surface area contributed by atoms with Crippen LogP contribution in [0.15, 0.2) is 65.8 Å². The lowest BCUT2D eigenvalue weighted by Gasteiger charge is -2.14. The first-order valence-electron chi connectivity index (χ1n) is 11.6. The second-order valence-electron chi connectivity index (χ2n) is 8.94. The average Bonchev–Trinajstić information content (AvgIpc) is 3.58. The normalized spacial score (nSPS) is 14.5. The van der Waals surface area contributed by atoms with E-state index in [4.69, 9.17) is 0 Å². The minimum Gasteiger partial charge on any atom is -0.301 e. The van der Waals surface area contributed by atoms with Gasteiger partial charge in [-0.05, 0) is 61.8 Å². The van der Waals surface area contributed by atoms with Gasteiger partial charge in [-0.3, -0.25) is 18.7 Å². The van der Waals surface area contributed by atoms with Crippen LogP contribution in [0.5, 0.6) is 0 Å². The Morgan fingerprint density at radius 1 is 0.912 bits per heavy atom. The maximum absolute atomic E-state index is 14.8. The van der Waals surface area contributed by atoms with Gasteiger partial charge in [-0.25, -0.2) is 4.39 Å². The fourth-order valence-electron chi connectivity index (χ4n) is 4.90. The number of pyridine rings is 1. The molecule has 0 unspecified atom stereocenters. The molecule has 0 bridgehead atoms. The van der Waals surface area contributed by atoms with Crippen LogP contribution in [0.3, 0.4) is 0 Å². The molecule has 1 saturated heterocycles. The predicted octanol–water partition coefficient (Wildman–Crippen LogP) is 3.98. The number of halogens is 1. The van der Waals surface area contributed by atoms with Gasteiger partial charge in [0.25, 0.3) is 5.56 Å². The molecule has 0 aliphatic carbocycles. The lowest BCUT2D eigenvalue weighted by molar-refractivity contribution is 0.318. The number of likely N-dealkylation sites (tertiary alicyclic amines) is 1. The van der Waals surface area contributed by atoms with Crippen molar-refractivity contribution in [3.05, 3.63) is 77.2 Å². The van der Waals surface area contributed by atoms with E-state index < -0.39 is 0 Å². The van der Waals surface area contributed by atoms with Gasteiger partial charge in [0.1, 0.15) is 5.82 Å². The van der Waals surface area contributed by atoms with E-state index >= 15 is 0 Å². The molecule has 8 heteroatoms. The first-order chi connectivity index (χ1) is 16.6. The Bertz CT molecular complexity index is 1570. The number of rotatable bonds is 5. The van der Waals surface area contributed by atoms with Crippen LogP contribution in [-0.4, -0.2) is 48.7 Å². The van der Waals surface area contributed by atoms with Gasteiger partial charge in [0, 0.05) is 53.9 Å². The number of hydrogen-bond acceptors (Lipinski definition) is 4. The number of aryl methyl sites for hydroxylation is 1. The summed E-state index contributed by atoms with van der Waals surface area (Å²) in [4.78, 5) is 15.5. The number of fused-ring (bicyclic) bond motifs is 2. The summed E-state index contributed by atoms with van der Waals surface area (Å²) in [6, 6.07) is 12.4. The van der Waals surface area contributed by atoms with Crippen LogP contribution < -0.4 is 5.56 Å². The summed E-state index contributed by atoms with van der Waals surface area (Å²) >= 11 is 0. The van der Waals surface area contributed by atoms with Crippen LogP contribution in [0.1, 0.15) is 12.8 Å². The zero-order chi connectivity index (χ0) is 23.2. The van der Waals surface area contributed by atoms with E-state index in [1.54, 1.807) is 40.8 Å². The van der Waals surface area contributed by atoms with Gasteiger partial charge in [-0.1, -0.05) is 0 Å². The Kier molecular flexibility index (Phi) is 5.03. The van der Waals surface area contributed by atoms with Crippen molar-refractivity contribution < 1.29 is 4.39 Å². The van der Waals surface area contributed by atoms with E-state index in [2.05, 4.69) is 15.1 Å². The molecule has 0 radical (unpaired) electrons. The Balaban J connectivity index is 1.30. The van der Waals surface area contributed by atoms with Crippen molar-refractivity contribution in [2.24, 2.45) is 7.05 Å². The fraction of sp³-hybridized carbons (Fsp3) is 0.269. The van der Waals surface area contributed by atoms with Crippen LogP contribution in [-0.2, 0) is 13.6 Å². The van der Waals surface area contributed by atoms with Gasteiger partial charge < -0.3 is 4.90 Å². The summed E-state index contributed by atoms with van der Waals surface area (Å²) in [7, 11) is 1.77. The van der Waals surface area contributed by atoms with E-state index in [9.17, 15) is 9.18 Å². The molecule has 1 aliphatic rings. The first-order valence-corrected chi connectivity index (χ1v) is 11.6. The first kappa shape index (κ1) is 20.8. The van der Waals surface area contributed by atoms with Crippen LogP contribution in [0.4, 0.5) is 4.39 Å². The van der Waals surface area contributed by atoms with Crippen LogP contribution in [0.25, 0.3) is 38.6 Å². The molecule has 7 nitrogen and oxygen atoms in total. The maximum atomic E-state index is 14.8. The van der Waals surface area contributed by atoms with Crippen molar-refractivity contribution >= 4 is 21.8 Å². The van der Waals surface area contributed by atoms with Crippen LogP contribution in [0, 0.1) is 5.82 Å². The Morgan fingerprint density at radius 2 is 1.71 bits per heavy atom. The highest BCUT2D eigenvalue weighted by Crippen LogP contribution is 2.27. The molecule has 4 heterocycles. The predicted molar refractivity (Wildman–Crippen MR) is 131 cm³/mol. The molecule has 0 amide bonds. The number of aromatic nitrogens is 5. The van der Waals surface area contributed by atoms with E-state index in [1.807, 2.05) is 29.1 Å².